The Kier molecular flexibility index (Phi) is 14.1. The maximum absolute atomic E-state index is 13.7. The molecule has 2 aromatic heterocycles. The normalized spacial score (nSPS) is 20.4. The summed E-state index contributed by atoms with van der Waals surface area (Å²) in [4.78, 5) is 62.7. The van der Waals surface area contributed by atoms with Crippen LogP contribution in [0.4, 0.5) is 11.5 Å². The number of amides is 4. The van der Waals surface area contributed by atoms with E-state index in [1.165, 1.54) is 0 Å². The van der Waals surface area contributed by atoms with Gasteiger partial charge in [-0.3, -0.25) is 34.1 Å². The van der Waals surface area contributed by atoms with Crippen molar-refractivity contribution in [3.63, 3.8) is 0 Å². The second-order valence-corrected chi connectivity index (χ2v) is 18.0. The summed E-state index contributed by atoms with van der Waals surface area (Å²) < 4.78 is 1.68. The highest BCUT2D eigenvalue weighted by molar-refractivity contribution is 6.01. The molecule has 0 bridgehead atoms. The van der Waals surface area contributed by atoms with Gasteiger partial charge >= 0.3 is 0 Å². The van der Waals surface area contributed by atoms with Crippen LogP contribution in [0.1, 0.15) is 86.6 Å². The van der Waals surface area contributed by atoms with E-state index < -0.39 is 6.04 Å². The maximum atomic E-state index is 13.7. The number of likely N-dealkylation sites (tertiary alicyclic amines) is 1. The minimum absolute atomic E-state index is 0.0566. The highest BCUT2D eigenvalue weighted by atomic mass is 16.2. The van der Waals surface area contributed by atoms with Crippen molar-refractivity contribution in [3.05, 3.63) is 132 Å². The van der Waals surface area contributed by atoms with Gasteiger partial charge in [-0.25, -0.2) is 4.98 Å². The molecule has 3 fully saturated rings. The Morgan fingerprint density at radius 3 is 2.25 bits per heavy atom. The van der Waals surface area contributed by atoms with Gasteiger partial charge in [0.15, 0.2) is 0 Å². The monoisotopic (exact) mass is 874 g/mol. The van der Waals surface area contributed by atoms with E-state index in [9.17, 15) is 19.2 Å². The van der Waals surface area contributed by atoms with Gasteiger partial charge in [-0.05, 0) is 98.0 Å². The van der Waals surface area contributed by atoms with Gasteiger partial charge in [0.05, 0.1) is 23.7 Å². The van der Waals surface area contributed by atoms with Crippen LogP contribution in [0.3, 0.4) is 0 Å². The van der Waals surface area contributed by atoms with Gasteiger partial charge in [-0.1, -0.05) is 61.5 Å². The molecule has 65 heavy (non-hydrogen) atoms. The first-order valence-corrected chi connectivity index (χ1v) is 22.8. The Bertz CT molecular complexity index is 2470. The van der Waals surface area contributed by atoms with Crippen LogP contribution in [0, 0.1) is 17.2 Å². The number of hydrogen-bond acceptors (Lipinski definition) is 10. The lowest BCUT2D eigenvalue weighted by molar-refractivity contribution is -0.135. The summed E-state index contributed by atoms with van der Waals surface area (Å²) in [6.07, 6.45) is 8.15. The molecule has 8 rings (SSSR count). The largest absolute Gasteiger partial charge is 0.368 e. The van der Waals surface area contributed by atoms with Crippen LogP contribution in [-0.2, 0) is 25.7 Å². The smallest absolute Gasteiger partial charge is 0.247 e. The molecule has 0 spiro atoms. The van der Waals surface area contributed by atoms with Crippen molar-refractivity contribution in [2.45, 2.75) is 83.0 Å². The second-order valence-electron chi connectivity index (χ2n) is 18.0. The third kappa shape index (κ3) is 11.0. The first-order valence-electron chi connectivity index (χ1n) is 22.8. The van der Waals surface area contributed by atoms with E-state index in [2.05, 4.69) is 74.8 Å². The number of carbonyl (C=O) groups excluding carboxylic acids is 4. The molecule has 5 heterocycles. The molecule has 14 nitrogen and oxygen atoms in total. The molecule has 4 amide bonds. The summed E-state index contributed by atoms with van der Waals surface area (Å²) in [6.45, 7) is 11.7. The van der Waals surface area contributed by atoms with E-state index in [1.54, 1.807) is 23.1 Å². The average molecular weight is 875 g/mol. The highest BCUT2D eigenvalue weighted by Crippen LogP contribution is 2.30. The number of imide groups is 1. The fraction of sp³-hybridized carbons (Fsp3) is 0.392. The van der Waals surface area contributed by atoms with E-state index in [0.717, 1.165) is 79.1 Å². The predicted octanol–water partition coefficient (Wildman–Crippen LogP) is 6.25. The number of pyridine rings is 1. The van der Waals surface area contributed by atoms with Crippen LogP contribution in [0.25, 0.3) is 11.1 Å². The molecule has 0 aliphatic carbocycles. The number of nitrogens with one attached hydrogen (secondary N) is 3. The van der Waals surface area contributed by atoms with Crippen LogP contribution < -0.4 is 20.9 Å². The Morgan fingerprint density at radius 2 is 1.58 bits per heavy atom. The summed E-state index contributed by atoms with van der Waals surface area (Å²) in [5.41, 5.74) is 6.28. The van der Waals surface area contributed by atoms with Crippen molar-refractivity contribution < 1.29 is 19.2 Å². The van der Waals surface area contributed by atoms with E-state index >= 15 is 0 Å². The average Bonchev–Trinajstić information content (AvgIpc) is 3.79. The topological polar surface area (TPSA) is 169 Å². The fourth-order valence-corrected chi connectivity index (χ4v) is 9.50. The number of piperazine rings is 1. The molecule has 5 atom stereocenters. The number of nitriles is 1. The fourth-order valence-electron chi connectivity index (χ4n) is 9.50. The minimum atomic E-state index is -0.609. The van der Waals surface area contributed by atoms with Gasteiger partial charge in [0.25, 0.3) is 0 Å². The SMILES string of the molecule is C[C@H](CN[C@H](C(=O)Nc1ccc(-c2cnn(CC(=O)N3CCC(CN4[C@H](C)CN(c5ccc(C6CCC(=O)NC6=O)cc5)C[C@@H]4C)CC3)c2)cn1)c1ccccc1)c1ccc(C#N)cc1. The third-order valence-electron chi connectivity index (χ3n) is 13.3. The lowest BCUT2D eigenvalue weighted by Gasteiger charge is -2.47. The zero-order valence-corrected chi connectivity index (χ0v) is 37.4. The number of rotatable bonds is 14. The lowest BCUT2D eigenvalue weighted by Crippen LogP contribution is -2.58. The predicted molar refractivity (Wildman–Crippen MR) is 250 cm³/mol. The molecule has 5 aromatic rings. The van der Waals surface area contributed by atoms with Gasteiger partial charge in [0, 0.05) is 87.0 Å². The summed E-state index contributed by atoms with van der Waals surface area (Å²) in [7, 11) is 0. The minimum Gasteiger partial charge on any atom is -0.368 e. The molecule has 3 N–H and O–H groups in total. The van der Waals surface area contributed by atoms with Crippen molar-refractivity contribution in [2.24, 2.45) is 5.92 Å². The molecule has 1 unspecified atom stereocenters. The van der Waals surface area contributed by atoms with Crippen molar-refractivity contribution in [1.82, 2.24) is 35.2 Å². The van der Waals surface area contributed by atoms with Crippen LogP contribution in [0.15, 0.2) is 110 Å². The number of piperidine rings is 2. The Balaban J connectivity index is 0.786. The van der Waals surface area contributed by atoms with Crippen molar-refractivity contribution in [2.75, 3.05) is 49.5 Å². The summed E-state index contributed by atoms with van der Waals surface area (Å²) >= 11 is 0. The molecule has 336 valence electrons. The second kappa shape index (κ2) is 20.4. The van der Waals surface area contributed by atoms with Crippen molar-refractivity contribution >= 4 is 35.1 Å². The molecule has 3 aliphatic heterocycles. The van der Waals surface area contributed by atoms with Crippen molar-refractivity contribution in [3.8, 4) is 17.2 Å². The van der Waals surface area contributed by atoms with Gasteiger partial charge in [-0.2, -0.15) is 10.4 Å². The Morgan fingerprint density at radius 1 is 0.862 bits per heavy atom. The number of carbonyl (C=O) groups is 4. The molecule has 14 heteroatoms. The number of nitrogens with zero attached hydrogens (tertiary/aromatic N) is 7. The van der Waals surface area contributed by atoms with Gasteiger partial charge in [-0.15, -0.1) is 0 Å². The van der Waals surface area contributed by atoms with Crippen molar-refractivity contribution in [1.29, 1.82) is 5.26 Å². The van der Waals surface area contributed by atoms with E-state index in [4.69, 9.17) is 5.26 Å². The third-order valence-corrected chi connectivity index (χ3v) is 13.3. The molecule has 0 radical (unpaired) electrons. The summed E-state index contributed by atoms with van der Waals surface area (Å²) in [5, 5.41) is 22.5. The number of benzene rings is 3. The molecular formula is C51H58N10O4. The first kappa shape index (κ1) is 44.9. The quantitative estimate of drug-likeness (QED) is 0.109. The van der Waals surface area contributed by atoms with E-state index in [-0.39, 0.29) is 42.0 Å². The zero-order chi connectivity index (χ0) is 45.5. The zero-order valence-electron chi connectivity index (χ0n) is 37.4. The van der Waals surface area contributed by atoms with E-state index in [0.29, 0.717) is 48.8 Å². The highest BCUT2D eigenvalue weighted by Gasteiger charge is 2.34. The number of hydrogen-bond donors (Lipinski definition) is 3. The van der Waals surface area contributed by atoms with E-state index in [1.807, 2.05) is 83.9 Å². The lowest BCUT2D eigenvalue weighted by atomic mass is 9.90. The van der Waals surface area contributed by atoms with Gasteiger partial charge in [0.1, 0.15) is 18.4 Å². The first-order chi connectivity index (χ1) is 31.5. The summed E-state index contributed by atoms with van der Waals surface area (Å²) in [5.74, 6) is 0.201. The van der Waals surface area contributed by atoms with Crippen LogP contribution in [-0.4, -0.2) is 99.5 Å². The molecule has 0 saturated carbocycles. The Labute approximate surface area is 381 Å². The van der Waals surface area contributed by atoms with Crippen LogP contribution in [0.5, 0.6) is 0 Å². The summed E-state index contributed by atoms with van der Waals surface area (Å²) in [6, 6.07) is 31.3. The molecule has 3 aliphatic rings. The standard InChI is InChI=1S/C51H58N10O4/c1-34(39-11-9-37(25-52)10-12-39)26-54-49(41-7-5-4-6-8-41)51(65)56-46-19-15-42(27-53-46)43-28-55-60(32-43)33-48(63)58-23-21-38(22-24-58)31-61-35(2)29-59(30-36(61)3)44-16-13-40(14-17-44)45-18-20-47(62)57-50(45)64/h4-17,19,27-28,32,34-36,38,45,49,54H,18,20-24,26,29-31,33H2,1-3H3,(H,53,56,65)(H,57,62,64)/t34-,35-,36+,45?,49+/m1/s1. The molecular weight excluding hydrogens is 817 g/mol. The van der Waals surface area contributed by atoms with Gasteiger partial charge < -0.3 is 20.4 Å². The number of anilines is 2. The molecule has 3 aromatic carbocycles. The Hall–Kier alpha value is -6.69. The number of aromatic nitrogens is 3. The van der Waals surface area contributed by atoms with Crippen LogP contribution >= 0.6 is 0 Å². The maximum Gasteiger partial charge on any atom is 0.247 e. The van der Waals surface area contributed by atoms with Gasteiger partial charge in [0.2, 0.25) is 23.6 Å². The molecule has 3 saturated heterocycles. The van der Waals surface area contributed by atoms with Crippen LogP contribution in [0.2, 0.25) is 0 Å².